The van der Waals surface area contributed by atoms with Crippen LogP contribution in [0.1, 0.15) is 18.4 Å². The predicted octanol–water partition coefficient (Wildman–Crippen LogP) is 3.17. The van der Waals surface area contributed by atoms with Gasteiger partial charge >= 0.3 is 0 Å². The molecule has 1 nitrogen and oxygen atoms in total. The number of hydrogen-bond donors (Lipinski definition) is 0. The highest BCUT2D eigenvalue weighted by molar-refractivity contribution is 7.03. The number of anilines is 1. The van der Waals surface area contributed by atoms with Gasteiger partial charge in [0.15, 0.2) is 0 Å². The van der Waals surface area contributed by atoms with E-state index in [0.717, 1.165) is 5.54 Å². The van der Waals surface area contributed by atoms with Gasteiger partial charge in [-0.15, -0.1) is 0 Å². The molecule has 0 saturated carbocycles. The Kier molecular flexibility index (Phi) is 2.96. The maximum Gasteiger partial charge on any atom is 0.122 e. The van der Waals surface area contributed by atoms with Crippen molar-refractivity contribution in [3.05, 3.63) is 54.1 Å². The van der Waals surface area contributed by atoms with Crippen LogP contribution in [-0.2, 0) is 0 Å². The second-order valence-electron chi connectivity index (χ2n) is 6.87. The zero-order chi connectivity index (χ0) is 14.4. The number of benzene rings is 2. The van der Waals surface area contributed by atoms with Crippen LogP contribution in [-0.4, -0.2) is 21.2 Å². The van der Waals surface area contributed by atoms with Crippen molar-refractivity contribution < 1.29 is 0 Å². The van der Waals surface area contributed by atoms with E-state index in [1.165, 1.54) is 37.2 Å². The number of hydrogen-bond acceptors (Lipinski definition) is 1. The topological polar surface area (TPSA) is 3.24 Å². The lowest BCUT2D eigenvalue weighted by molar-refractivity contribution is 0.561. The van der Waals surface area contributed by atoms with Crippen molar-refractivity contribution in [1.82, 2.24) is 0 Å². The molecule has 0 radical (unpaired) electrons. The fourth-order valence-corrected chi connectivity index (χ4v) is 9.18. The molecular formula is C19H23NSi. The molecule has 2 heteroatoms. The monoisotopic (exact) mass is 293 g/mol. The zero-order valence-corrected chi connectivity index (χ0v) is 14.0. The Morgan fingerprint density at radius 2 is 1.90 bits per heavy atom. The third kappa shape index (κ3) is 1.89. The second kappa shape index (κ2) is 4.74. The molecule has 2 aliphatic rings. The van der Waals surface area contributed by atoms with Crippen molar-refractivity contribution in [3.8, 4) is 0 Å². The Labute approximate surface area is 128 Å². The van der Waals surface area contributed by atoms with Crippen LogP contribution < -0.4 is 15.3 Å². The van der Waals surface area contributed by atoms with Gasteiger partial charge in [-0.25, -0.2) is 0 Å². The number of fused-ring (bicyclic) bond motifs is 4. The number of piperidine rings is 1. The number of aryl methyl sites for hydroxylation is 1. The van der Waals surface area contributed by atoms with Crippen LogP contribution in [0.3, 0.4) is 0 Å². The molecule has 0 N–H and O–H groups in total. The molecule has 0 spiro atoms. The number of nitrogens with zero attached hydrogens (tertiary/aromatic N) is 1. The molecule has 2 aromatic carbocycles. The van der Waals surface area contributed by atoms with Gasteiger partial charge in [-0.2, -0.15) is 0 Å². The number of rotatable bonds is 1. The molecule has 21 heavy (non-hydrogen) atoms. The van der Waals surface area contributed by atoms with Crippen LogP contribution in [0.2, 0.25) is 12.1 Å². The molecule has 1 saturated heterocycles. The highest BCUT2D eigenvalue weighted by Gasteiger charge is 2.47. The van der Waals surface area contributed by atoms with Gasteiger partial charge in [0.2, 0.25) is 0 Å². The minimum Gasteiger partial charge on any atom is -0.372 e. The summed E-state index contributed by atoms with van der Waals surface area (Å²) in [6, 6.07) is 18.5. The van der Waals surface area contributed by atoms with E-state index in [2.05, 4.69) is 66.9 Å². The molecule has 2 heterocycles. The average molecular weight is 293 g/mol. The summed E-state index contributed by atoms with van der Waals surface area (Å²) in [5.74, 6) is 0. The predicted molar refractivity (Wildman–Crippen MR) is 93.7 cm³/mol. The zero-order valence-electron chi connectivity index (χ0n) is 13.0. The summed E-state index contributed by atoms with van der Waals surface area (Å²) < 4.78 is 0. The molecule has 1 fully saturated rings. The van der Waals surface area contributed by atoms with Crippen LogP contribution in [0.15, 0.2) is 48.5 Å². The Balaban J connectivity index is 1.97. The molecule has 0 aromatic heterocycles. The Morgan fingerprint density at radius 1 is 1.10 bits per heavy atom. The Bertz CT molecular complexity index is 667. The van der Waals surface area contributed by atoms with Crippen molar-refractivity contribution in [1.29, 1.82) is 0 Å². The highest BCUT2D eigenvalue weighted by atomic mass is 28.3. The van der Waals surface area contributed by atoms with Gasteiger partial charge in [0.05, 0.1) is 0 Å². The SMILES string of the molecule is Cc1ccc2c(c1)[Si@@](C)(c1ccccc1)[C@@H]1CCCN2C1. The van der Waals surface area contributed by atoms with Crippen molar-refractivity contribution in [3.63, 3.8) is 0 Å². The fourth-order valence-electron chi connectivity index (χ4n) is 4.40. The van der Waals surface area contributed by atoms with E-state index in [1.54, 1.807) is 10.4 Å². The van der Waals surface area contributed by atoms with Gasteiger partial charge in [0.1, 0.15) is 8.07 Å². The first-order valence-corrected chi connectivity index (χ1v) is 10.7. The van der Waals surface area contributed by atoms with Gasteiger partial charge in [-0.05, 0) is 36.6 Å². The highest BCUT2D eigenvalue weighted by Crippen LogP contribution is 2.39. The Morgan fingerprint density at radius 3 is 2.71 bits per heavy atom. The van der Waals surface area contributed by atoms with E-state index in [-0.39, 0.29) is 0 Å². The minimum atomic E-state index is -1.63. The first kappa shape index (κ1) is 13.1. The van der Waals surface area contributed by atoms with Crippen LogP contribution >= 0.6 is 0 Å². The van der Waals surface area contributed by atoms with E-state index in [0.29, 0.717) is 0 Å². The molecule has 0 amide bonds. The largest absolute Gasteiger partial charge is 0.372 e. The smallest absolute Gasteiger partial charge is 0.122 e. The lowest BCUT2D eigenvalue weighted by Gasteiger charge is -2.50. The van der Waals surface area contributed by atoms with Gasteiger partial charge < -0.3 is 4.90 Å². The van der Waals surface area contributed by atoms with E-state index >= 15 is 0 Å². The first-order valence-electron chi connectivity index (χ1n) is 8.11. The Hall–Kier alpha value is -1.54. The molecule has 0 aliphatic carbocycles. The summed E-state index contributed by atoms with van der Waals surface area (Å²) in [5.41, 5.74) is 3.79. The second-order valence-corrected chi connectivity index (χ2v) is 11.2. The van der Waals surface area contributed by atoms with Gasteiger partial charge in [0.25, 0.3) is 0 Å². The molecule has 2 aliphatic heterocycles. The molecular weight excluding hydrogens is 270 g/mol. The van der Waals surface area contributed by atoms with Gasteiger partial charge in [-0.3, -0.25) is 0 Å². The molecule has 2 bridgehead atoms. The van der Waals surface area contributed by atoms with Crippen LogP contribution in [0.5, 0.6) is 0 Å². The lowest BCUT2D eigenvalue weighted by Crippen LogP contribution is -2.66. The van der Waals surface area contributed by atoms with Crippen molar-refractivity contribution in [2.45, 2.75) is 31.9 Å². The van der Waals surface area contributed by atoms with Crippen LogP contribution in [0, 0.1) is 6.92 Å². The summed E-state index contributed by atoms with van der Waals surface area (Å²) in [6.07, 6.45) is 2.76. The standard InChI is InChI=1S/C19H23NSi/c1-15-10-11-18-19(13-15)21(2,16-7-4-3-5-8-16)17-9-6-12-20(18)14-17/h3-5,7-8,10-11,13,17H,6,9,12,14H2,1-2H3/t17-,21+/m1/s1. The summed E-state index contributed by atoms with van der Waals surface area (Å²) in [6.45, 7) is 7.35. The van der Waals surface area contributed by atoms with E-state index in [9.17, 15) is 0 Å². The van der Waals surface area contributed by atoms with Crippen molar-refractivity contribution >= 4 is 24.1 Å². The molecule has 0 unspecified atom stereocenters. The molecule has 2 atom stereocenters. The first-order chi connectivity index (χ1) is 10.2. The van der Waals surface area contributed by atoms with E-state index in [4.69, 9.17) is 0 Å². The normalized spacial score (nSPS) is 27.3. The molecule has 4 rings (SSSR count). The minimum absolute atomic E-state index is 0.864. The van der Waals surface area contributed by atoms with Gasteiger partial charge in [-0.1, -0.05) is 59.8 Å². The fraction of sp³-hybridized carbons (Fsp3) is 0.368. The molecule has 2 aromatic rings. The van der Waals surface area contributed by atoms with Crippen molar-refractivity contribution in [2.24, 2.45) is 0 Å². The van der Waals surface area contributed by atoms with E-state index in [1.807, 2.05) is 0 Å². The summed E-state index contributed by atoms with van der Waals surface area (Å²) in [4.78, 5) is 2.64. The molecule has 108 valence electrons. The average Bonchev–Trinajstić information content (AvgIpc) is 2.54. The summed E-state index contributed by atoms with van der Waals surface area (Å²) in [7, 11) is -1.63. The third-order valence-electron chi connectivity index (χ3n) is 5.66. The lowest BCUT2D eigenvalue weighted by atomic mass is 10.1. The third-order valence-corrected chi connectivity index (χ3v) is 10.8. The van der Waals surface area contributed by atoms with Crippen molar-refractivity contribution in [2.75, 3.05) is 18.0 Å². The summed E-state index contributed by atoms with van der Waals surface area (Å²) >= 11 is 0. The van der Waals surface area contributed by atoms with Gasteiger partial charge in [0, 0.05) is 18.8 Å². The van der Waals surface area contributed by atoms with Crippen LogP contribution in [0.25, 0.3) is 0 Å². The summed E-state index contributed by atoms with van der Waals surface area (Å²) in [5, 5.41) is 3.29. The van der Waals surface area contributed by atoms with Crippen LogP contribution in [0.4, 0.5) is 5.69 Å². The maximum absolute atomic E-state index is 2.64. The van der Waals surface area contributed by atoms with E-state index < -0.39 is 8.07 Å². The maximum atomic E-state index is 2.64. The quantitative estimate of drug-likeness (QED) is 0.730.